The third-order valence-electron chi connectivity index (χ3n) is 3.57. The van der Waals surface area contributed by atoms with Gasteiger partial charge in [-0.2, -0.15) is 0 Å². The summed E-state index contributed by atoms with van der Waals surface area (Å²) in [7, 11) is 0. The second-order valence-corrected chi connectivity index (χ2v) is 6.46. The molecule has 0 spiro atoms. The van der Waals surface area contributed by atoms with Gasteiger partial charge in [0, 0.05) is 33.3 Å². The van der Waals surface area contributed by atoms with Crippen LogP contribution >= 0.6 is 27.5 Å². The molecule has 0 saturated carbocycles. The van der Waals surface area contributed by atoms with Gasteiger partial charge in [0.2, 0.25) is 0 Å². The largest absolute Gasteiger partial charge is 0.309 e. The van der Waals surface area contributed by atoms with Gasteiger partial charge in [-0.15, -0.1) is 0 Å². The number of hydrogen-bond acceptors (Lipinski definition) is 2. The van der Waals surface area contributed by atoms with Crippen molar-refractivity contribution < 1.29 is 0 Å². The third-order valence-corrected chi connectivity index (χ3v) is 4.39. The molecule has 4 heteroatoms. The van der Waals surface area contributed by atoms with E-state index in [0.717, 1.165) is 33.7 Å². The van der Waals surface area contributed by atoms with Gasteiger partial charge in [-0.1, -0.05) is 53.5 Å². The van der Waals surface area contributed by atoms with E-state index < -0.39 is 0 Å². The van der Waals surface area contributed by atoms with E-state index in [-0.39, 0.29) is 12.0 Å². The van der Waals surface area contributed by atoms with Gasteiger partial charge in [-0.05, 0) is 42.8 Å². The molecule has 0 aliphatic rings. The molecule has 0 aliphatic heterocycles. The molecule has 1 heterocycles. The number of hydrogen-bond donors (Lipinski definition) is 1. The average molecular weight is 368 g/mol. The number of nitrogens with zero attached hydrogens (tertiary/aromatic N) is 1. The second kappa shape index (κ2) is 7.92. The van der Waals surface area contributed by atoms with Gasteiger partial charge in [0.25, 0.3) is 0 Å². The Kier molecular flexibility index (Phi) is 6.22. The zero-order valence-electron chi connectivity index (χ0n) is 12.3. The zero-order chi connectivity index (χ0) is 15.2. The second-order valence-electron chi connectivity index (χ2n) is 5.14. The van der Waals surface area contributed by atoms with Crippen LogP contribution in [0.5, 0.6) is 0 Å². The highest BCUT2D eigenvalue weighted by Gasteiger charge is 2.23. The summed E-state index contributed by atoms with van der Waals surface area (Å²) in [6.45, 7) is 5.31. The normalized spacial score (nSPS) is 13.9. The average Bonchev–Trinajstić information content (AvgIpc) is 2.50. The maximum Gasteiger partial charge on any atom is 0.0465 e. The highest BCUT2D eigenvalue weighted by atomic mass is 79.9. The third kappa shape index (κ3) is 4.29. The summed E-state index contributed by atoms with van der Waals surface area (Å²) in [4.78, 5) is 4.49. The van der Waals surface area contributed by atoms with Gasteiger partial charge in [0.15, 0.2) is 0 Å². The first kappa shape index (κ1) is 16.5. The van der Waals surface area contributed by atoms with Crippen molar-refractivity contribution in [2.24, 2.45) is 0 Å². The van der Waals surface area contributed by atoms with E-state index >= 15 is 0 Å². The van der Waals surface area contributed by atoms with Crippen LogP contribution in [0.25, 0.3) is 0 Å². The summed E-state index contributed by atoms with van der Waals surface area (Å²) in [6.07, 6.45) is 2.92. The van der Waals surface area contributed by atoms with E-state index in [1.165, 1.54) is 0 Å². The molecule has 0 radical (unpaired) electrons. The van der Waals surface area contributed by atoms with Crippen LogP contribution in [0.2, 0.25) is 5.02 Å². The van der Waals surface area contributed by atoms with E-state index in [2.05, 4.69) is 52.2 Å². The molecule has 1 N–H and O–H groups in total. The Hall–Kier alpha value is -0.900. The van der Waals surface area contributed by atoms with Crippen molar-refractivity contribution in [1.82, 2.24) is 10.3 Å². The fourth-order valence-electron chi connectivity index (χ4n) is 2.43. The van der Waals surface area contributed by atoms with E-state index in [9.17, 15) is 0 Å². The highest BCUT2D eigenvalue weighted by molar-refractivity contribution is 9.10. The minimum atomic E-state index is 0.153. The molecular weight excluding hydrogens is 348 g/mol. The van der Waals surface area contributed by atoms with E-state index in [1.807, 2.05) is 30.5 Å². The summed E-state index contributed by atoms with van der Waals surface area (Å²) in [5.74, 6) is 0.247. The van der Waals surface area contributed by atoms with Gasteiger partial charge in [-0.3, -0.25) is 4.98 Å². The van der Waals surface area contributed by atoms with Crippen LogP contribution in [0, 0.1) is 0 Å². The first-order valence-corrected chi connectivity index (χ1v) is 8.39. The maximum absolute atomic E-state index is 6.44. The molecule has 1 aromatic carbocycles. The molecule has 0 fully saturated rings. The Morgan fingerprint density at radius 1 is 1.29 bits per heavy atom. The van der Waals surface area contributed by atoms with Gasteiger partial charge < -0.3 is 5.32 Å². The molecule has 2 rings (SSSR count). The molecule has 1 aromatic heterocycles. The molecule has 0 saturated heterocycles. The van der Waals surface area contributed by atoms with Crippen molar-refractivity contribution in [2.75, 3.05) is 6.54 Å². The molecule has 112 valence electrons. The van der Waals surface area contributed by atoms with Crippen LogP contribution < -0.4 is 5.32 Å². The van der Waals surface area contributed by atoms with Crippen LogP contribution in [0.1, 0.15) is 43.5 Å². The van der Waals surface area contributed by atoms with Crippen molar-refractivity contribution in [3.05, 3.63) is 63.3 Å². The molecule has 2 atom stereocenters. The molecule has 0 amide bonds. The van der Waals surface area contributed by atoms with E-state index in [1.54, 1.807) is 0 Å². The first-order chi connectivity index (χ1) is 10.1. The number of nitrogens with one attached hydrogen (secondary N) is 1. The molecule has 21 heavy (non-hydrogen) atoms. The Labute approximate surface area is 140 Å². The lowest BCUT2D eigenvalue weighted by Gasteiger charge is -2.26. The standard InChI is InChI=1S/C17H20BrClN2/c1-3-9-21-17(12(2)16-6-4-5-10-20-16)14-8-7-13(18)11-15(14)19/h4-8,10-12,17,21H,3,9H2,1-2H3. The predicted octanol–water partition coefficient (Wildman–Crippen LogP) is 5.34. The number of pyridine rings is 1. The lowest BCUT2D eigenvalue weighted by molar-refractivity contribution is 0.460. The van der Waals surface area contributed by atoms with E-state index in [0.29, 0.717) is 0 Å². The van der Waals surface area contributed by atoms with Gasteiger partial charge in [-0.25, -0.2) is 0 Å². The zero-order valence-corrected chi connectivity index (χ0v) is 14.7. The smallest absolute Gasteiger partial charge is 0.0465 e. The van der Waals surface area contributed by atoms with Gasteiger partial charge >= 0.3 is 0 Å². The van der Waals surface area contributed by atoms with Crippen molar-refractivity contribution in [3.8, 4) is 0 Å². The Morgan fingerprint density at radius 2 is 2.10 bits per heavy atom. The van der Waals surface area contributed by atoms with Crippen LogP contribution in [-0.2, 0) is 0 Å². The fraction of sp³-hybridized carbons (Fsp3) is 0.353. The van der Waals surface area contributed by atoms with Crippen molar-refractivity contribution in [2.45, 2.75) is 32.2 Å². The number of rotatable bonds is 6. The summed E-state index contributed by atoms with van der Waals surface area (Å²) in [6, 6.07) is 12.3. The Balaban J connectivity index is 2.33. The Morgan fingerprint density at radius 3 is 2.71 bits per heavy atom. The summed E-state index contributed by atoms with van der Waals surface area (Å²) in [5.41, 5.74) is 2.19. The van der Waals surface area contributed by atoms with Crippen molar-refractivity contribution >= 4 is 27.5 Å². The quantitative estimate of drug-likeness (QED) is 0.745. The van der Waals surface area contributed by atoms with Crippen molar-refractivity contribution in [3.63, 3.8) is 0 Å². The molecular formula is C17H20BrClN2. The molecule has 2 aromatic rings. The Bertz CT molecular complexity index is 574. The van der Waals surface area contributed by atoms with Crippen LogP contribution in [0.3, 0.4) is 0 Å². The molecule has 0 bridgehead atoms. The van der Waals surface area contributed by atoms with Crippen LogP contribution in [0.15, 0.2) is 47.1 Å². The monoisotopic (exact) mass is 366 g/mol. The number of aromatic nitrogens is 1. The van der Waals surface area contributed by atoms with E-state index in [4.69, 9.17) is 11.6 Å². The SMILES string of the molecule is CCCNC(c1ccc(Br)cc1Cl)C(C)c1ccccn1. The molecule has 0 aliphatic carbocycles. The minimum absolute atomic E-state index is 0.153. The summed E-state index contributed by atoms with van der Waals surface area (Å²) >= 11 is 9.91. The summed E-state index contributed by atoms with van der Waals surface area (Å²) in [5, 5.41) is 4.38. The number of halogens is 2. The highest BCUT2D eigenvalue weighted by Crippen LogP contribution is 2.34. The maximum atomic E-state index is 6.44. The van der Waals surface area contributed by atoms with Crippen molar-refractivity contribution in [1.29, 1.82) is 0 Å². The van der Waals surface area contributed by atoms with Crippen LogP contribution in [0.4, 0.5) is 0 Å². The molecule has 2 nitrogen and oxygen atoms in total. The molecule has 2 unspecified atom stereocenters. The lowest BCUT2D eigenvalue weighted by atomic mass is 9.91. The first-order valence-electron chi connectivity index (χ1n) is 7.22. The van der Waals surface area contributed by atoms with Crippen LogP contribution in [-0.4, -0.2) is 11.5 Å². The van der Waals surface area contributed by atoms with Gasteiger partial charge in [0.1, 0.15) is 0 Å². The summed E-state index contributed by atoms with van der Waals surface area (Å²) < 4.78 is 0.996. The topological polar surface area (TPSA) is 24.9 Å². The number of benzene rings is 1. The fourth-order valence-corrected chi connectivity index (χ4v) is 3.22. The lowest BCUT2D eigenvalue weighted by Crippen LogP contribution is -2.27. The minimum Gasteiger partial charge on any atom is -0.309 e. The van der Waals surface area contributed by atoms with Gasteiger partial charge in [0.05, 0.1) is 0 Å². The predicted molar refractivity (Wildman–Crippen MR) is 92.8 cm³/mol.